The van der Waals surface area contributed by atoms with Crippen LogP contribution in [0, 0.1) is 17.5 Å². The SMILES string of the molecule is Cn1nc2c(c1-c1cc(F)c(F)c(F)c1)CCN(C(=O)c1ccccc1OC(F)(F)F)C2. The number of halogens is 6. The summed E-state index contributed by atoms with van der Waals surface area (Å²) in [7, 11) is 1.53. The molecule has 1 aliphatic heterocycles. The zero-order chi connectivity index (χ0) is 23.2. The summed E-state index contributed by atoms with van der Waals surface area (Å²) < 4.78 is 84.1. The fraction of sp³-hybridized carbons (Fsp3) is 0.238. The van der Waals surface area contributed by atoms with E-state index in [1.54, 1.807) is 0 Å². The van der Waals surface area contributed by atoms with Crippen molar-refractivity contribution in [3.63, 3.8) is 0 Å². The zero-order valence-corrected chi connectivity index (χ0v) is 16.5. The number of alkyl halides is 3. The van der Waals surface area contributed by atoms with Gasteiger partial charge in [-0.15, -0.1) is 13.2 Å². The van der Waals surface area contributed by atoms with Gasteiger partial charge in [0, 0.05) is 24.7 Å². The smallest absolute Gasteiger partial charge is 0.405 e. The molecule has 0 bridgehead atoms. The maximum absolute atomic E-state index is 13.7. The van der Waals surface area contributed by atoms with E-state index >= 15 is 0 Å². The molecular weight excluding hydrogens is 440 g/mol. The van der Waals surface area contributed by atoms with E-state index in [0.717, 1.165) is 18.2 Å². The van der Waals surface area contributed by atoms with Crippen molar-refractivity contribution in [3.8, 4) is 17.0 Å². The Morgan fingerprint density at radius 2 is 1.75 bits per heavy atom. The molecule has 1 amide bonds. The van der Waals surface area contributed by atoms with Gasteiger partial charge in [-0.3, -0.25) is 9.48 Å². The van der Waals surface area contributed by atoms with Gasteiger partial charge in [-0.05, 0) is 30.7 Å². The van der Waals surface area contributed by atoms with Crippen LogP contribution in [0.3, 0.4) is 0 Å². The molecule has 1 aromatic heterocycles. The zero-order valence-electron chi connectivity index (χ0n) is 16.5. The second-order valence-corrected chi connectivity index (χ2v) is 7.17. The third kappa shape index (κ3) is 4.02. The molecule has 0 spiro atoms. The van der Waals surface area contributed by atoms with E-state index in [9.17, 15) is 31.1 Å². The van der Waals surface area contributed by atoms with Crippen molar-refractivity contribution < 1.29 is 35.9 Å². The number of carbonyl (C=O) groups is 1. The summed E-state index contributed by atoms with van der Waals surface area (Å²) in [6.07, 6.45) is -4.73. The van der Waals surface area contributed by atoms with E-state index in [1.807, 2.05) is 0 Å². The number of aryl methyl sites for hydroxylation is 1. The normalized spacial score (nSPS) is 13.8. The van der Waals surface area contributed by atoms with Gasteiger partial charge in [0.1, 0.15) is 5.75 Å². The summed E-state index contributed by atoms with van der Waals surface area (Å²) in [5.74, 6) is -5.56. The predicted octanol–water partition coefficient (Wildman–Crippen LogP) is 4.60. The first-order chi connectivity index (χ1) is 15.0. The highest BCUT2D eigenvalue weighted by molar-refractivity contribution is 5.97. The Hall–Kier alpha value is -3.50. The van der Waals surface area contributed by atoms with Gasteiger partial charge < -0.3 is 9.64 Å². The fourth-order valence-electron chi connectivity index (χ4n) is 3.77. The summed E-state index contributed by atoms with van der Waals surface area (Å²) in [6, 6.07) is 6.73. The maximum atomic E-state index is 13.7. The van der Waals surface area contributed by atoms with E-state index in [1.165, 1.54) is 34.8 Å². The van der Waals surface area contributed by atoms with Gasteiger partial charge in [0.2, 0.25) is 0 Å². The number of fused-ring (bicyclic) bond motifs is 1. The van der Waals surface area contributed by atoms with Crippen LogP contribution >= 0.6 is 0 Å². The lowest BCUT2D eigenvalue weighted by Crippen LogP contribution is -2.36. The molecule has 0 radical (unpaired) electrons. The fourth-order valence-corrected chi connectivity index (χ4v) is 3.77. The molecule has 4 rings (SSSR count). The Labute approximate surface area is 177 Å². The van der Waals surface area contributed by atoms with Crippen molar-refractivity contribution in [3.05, 3.63) is 70.7 Å². The average Bonchev–Trinajstić information content (AvgIpc) is 3.05. The van der Waals surface area contributed by atoms with Gasteiger partial charge in [0.15, 0.2) is 17.5 Å². The van der Waals surface area contributed by atoms with E-state index in [0.29, 0.717) is 17.0 Å². The van der Waals surface area contributed by atoms with E-state index in [-0.39, 0.29) is 30.6 Å². The molecule has 11 heteroatoms. The van der Waals surface area contributed by atoms with Crippen LogP contribution in [0.15, 0.2) is 36.4 Å². The number of rotatable bonds is 3. The van der Waals surface area contributed by atoms with Crippen LogP contribution in [0.1, 0.15) is 21.6 Å². The molecule has 2 aromatic carbocycles. The lowest BCUT2D eigenvalue weighted by molar-refractivity contribution is -0.274. The predicted molar refractivity (Wildman–Crippen MR) is 100 cm³/mol. The Morgan fingerprint density at radius 3 is 2.41 bits per heavy atom. The van der Waals surface area contributed by atoms with Crippen molar-refractivity contribution in [1.29, 1.82) is 0 Å². The van der Waals surface area contributed by atoms with Gasteiger partial charge in [0.25, 0.3) is 5.91 Å². The lowest BCUT2D eigenvalue weighted by Gasteiger charge is -2.27. The van der Waals surface area contributed by atoms with Crippen molar-refractivity contribution in [2.24, 2.45) is 7.05 Å². The monoisotopic (exact) mass is 455 g/mol. The molecular formula is C21H15F6N3O2. The highest BCUT2D eigenvalue weighted by Crippen LogP contribution is 2.33. The second-order valence-electron chi connectivity index (χ2n) is 7.17. The van der Waals surface area contributed by atoms with Crippen LogP contribution in [-0.4, -0.2) is 33.5 Å². The van der Waals surface area contributed by atoms with E-state index in [2.05, 4.69) is 9.84 Å². The van der Waals surface area contributed by atoms with Crippen LogP contribution in [-0.2, 0) is 20.0 Å². The molecule has 0 saturated carbocycles. The quantitative estimate of drug-likeness (QED) is 0.429. The van der Waals surface area contributed by atoms with Crippen LogP contribution in [0.5, 0.6) is 5.75 Å². The third-order valence-corrected chi connectivity index (χ3v) is 5.09. The number of benzene rings is 2. The number of hydrogen-bond acceptors (Lipinski definition) is 3. The summed E-state index contributed by atoms with van der Waals surface area (Å²) in [6.45, 7) is 0.0888. The van der Waals surface area contributed by atoms with Crippen LogP contribution in [0.25, 0.3) is 11.3 Å². The van der Waals surface area contributed by atoms with Crippen LogP contribution in [0.2, 0.25) is 0 Å². The molecule has 5 nitrogen and oxygen atoms in total. The number of nitrogens with zero attached hydrogens (tertiary/aromatic N) is 3. The molecule has 3 aromatic rings. The summed E-state index contributed by atoms with van der Waals surface area (Å²) >= 11 is 0. The first-order valence-electron chi connectivity index (χ1n) is 9.39. The molecule has 0 atom stereocenters. The number of carbonyl (C=O) groups excluding carboxylic acids is 1. The molecule has 0 saturated heterocycles. The Morgan fingerprint density at radius 1 is 1.09 bits per heavy atom. The number of hydrogen-bond donors (Lipinski definition) is 0. The Bertz CT molecular complexity index is 1180. The number of para-hydroxylation sites is 1. The maximum Gasteiger partial charge on any atom is 0.573 e. The number of aromatic nitrogens is 2. The van der Waals surface area contributed by atoms with Gasteiger partial charge in [-0.2, -0.15) is 5.10 Å². The number of ether oxygens (including phenoxy) is 1. The van der Waals surface area contributed by atoms with E-state index in [4.69, 9.17) is 0 Å². The standard InChI is InChI=1S/C21H15F6N3O2/c1-29-19(11-8-14(22)18(24)15(23)9-11)12-6-7-30(10-16(12)28-29)20(31)13-4-2-3-5-17(13)32-21(25,26)27/h2-5,8-9H,6-7,10H2,1H3. The highest BCUT2D eigenvalue weighted by atomic mass is 19.4. The van der Waals surface area contributed by atoms with Gasteiger partial charge in [-0.1, -0.05) is 12.1 Å². The Balaban J connectivity index is 1.64. The first kappa shape index (κ1) is 21.7. The number of amides is 1. The average molecular weight is 455 g/mol. The van der Waals surface area contributed by atoms with E-state index < -0.39 is 35.5 Å². The Kier molecular flexibility index (Phi) is 5.35. The molecule has 2 heterocycles. The van der Waals surface area contributed by atoms with Gasteiger partial charge in [0.05, 0.1) is 23.5 Å². The molecule has 0 unspecified atom stereocenters. The molecule has 168 valence electrons. The van der Waals surface area contributed by atoms with Crippen molar-refractivity contribution in [1.82, 2.24) is 14.7 Å². The second kappa shape index (κ2) is 7.88. The molecule has 0 N–H and O–H groups in total. The molecule has 32 heavy (non-hydrogen) atoms. The first-order valence-corrected chi connectivity index (χ1v) is 9.39. The van der Waals surface area contributed by atoms with Gasteiger partial charge in [-0.25, -0.2) is 13.2 Å². The minimum Gasteiger partial charge on any atom is -0.405 e. The van der Waals surface area contributed by atoms with Crippen molar-refractivity contribution in [2.45, 2.75) is 19.3 Å². The minimum atomic E-state index is -4.96. The lowest BCUT2D eigenvalue weighted by atomic mass is 9.99. The largest absolute Gasteiger partial charge is 0.573 e. The van der Waals surface area contributed by atoms with Crippen LogP contribution < -0.4 is 4.74 Å². The highest BCUT2D eigenvalue weighted by Gasteiger charge is 2.34. The summed E-state index contributed by atoms with van der Waals surface area (Å²) in [5.41, 5.74) is 1.22. The summed E-state index contributed by atoms with van der Waals surface area (Å²) in [5, 5.41) is 4.29. The minimum absolute atomic E-state index is 0.0332. The van der Waals surface area contributed by atoms with Crippen molar-refractivity contribution >= 4 is 5.91 Å². The van der Waals surface area contributed by atoms with Crippen LogP contribution in [0.4, 0.5) is 26.3 Å². The van der Waals surface area contributed by atoms with Gasteiger partial charge >= 0.3 is 6.36 Å². The molecule has 0 fully saturated rings. The topological polar surface area (TPSA) is 47.4 Å². The molecule has 0 aliphatic carbocycles. The van der Waals surface area contributed by atoms with Crippen molar-refractivity contribution in [2.75, 3.05) is 6.54 Å². The summed E-state index contributed by atoms with van der Waals surface area (Å²) in [4.78, 5) is 14.2. The third-order valence-electron chi connectivity index (χ3n) is 5.09. The molecule has 1 aliphatic rings.